The molecular weight excluding hydrogens is 464 g/mol. The van der Waals surface area contributed by atoms with Gasteiger partial charge in [-0.25, -0.2) is 0 Å². The Labute approximate surface area is 221 Å². The van der Waals surface area contributed by atoms with Gasteiger partial charge in [0.05, 0.1) is 0 Å². The minimum atomic E-state index is -0.958. The third-order valence-corrected chi connectivity index (χ3v) is 6.38. The van der Waals surface area contributed by atoms with E-state index in [0.29, 0.717) is 24.2 Å². The second-order valence-corrected chi connectivity index (χ2v) is 11.6. The number of pyridine rings is 1. The number of hydrogen-bond acceptors (Lipinski definition) is 4. The molecule has 7 heteroatoms. The van der Waals surface area contributed by atoms with Crippen molar-refractivity contribution in [1.82, 2.24) is 15.2 Å². The average Bonchev–Trinajstić information content (AvgIpc) is 3.31. The molecule has 1 N–H and O–H groups in total. The highest BCUT2D eigenvalue weighted by Crippen LogP contribution is 2.33. The molecule has 0 saturated carbocycles. The maximum Gasteiger partial charge on any atom is 0.250 e. The Kier molecular flexibility index (Phi) is 8.57. The largest absolute Gasteiger partial charge is 0.349 e. The number of nitrogens with one attached hydrogen (secondary N) is 1. The summed E-state index contributed by atoms with van der Waals surface area (Å²) in [6.45, 7) is 14.4. The highest BCUT2D eigenvalue weighted by molar-refractivity contribution is 6.05. The van der Waals surface area contributed by atoms with Gasteiger partial charge in [0.25, 0.3) is 5.91 Å². The molecule has 1 unspecified atom stereocenters. The molecule has 1 fully saturated rings. The van der Waals surface area contributed by atoms with E-state index in [1.54, 1.807) is 47.3 Å². The minimum Gasteiger partial charge on any atom is -0.349 e. The van der Waals surface area contributed by atoms with Gasteiger partial charge >= 0.3 is 0 Å². The van der Waals surface area contributed by atoms with Crippen LogP contribution in [-0.4, -0.2) is 45.7 Å². The molecule has 0 bridgehead atoms. The van der Waals surface area contributed by atoms with E-state index in [1.165, 1.54) is 6.08 Å². The first-order chi connectivity index (χ1) is 17.3. The maximum absolute atomic E-state index is 14.3. The SMILES string of the molecule is C/C=C/C(=O)N1CCC[C@@H]1C(=O)N(c1ccc(C(C)(C)C)cc1)C(C(=O)NC(C)(C)C)c1cccnc1. The number of carbonyl (C=O) groups is 3. The summed E-state index contributed by atoms with van der Waals surface area (Å²) in [6, 6.07) is 9.71. The summed E-state index contributed by atoms with van der Waals surface area (Å²) in [4.78, 5) is 48.4. The van der Waals surface area contributed by atoms with Crippen LogP contribution < -0.4 is 10.2 Å². The summed E-state index contributed by atoms with van der Waals surface area (Å²) in [5.41, 5.74) is 1.74. The van der Waals surface area contributed by atoms with Gasteiger partial charge in [-0.15, -0.1) is 0 Å². The molecule has 0 aliphatic carbocycles. The summed E-state index contributed by atoms with van der Waals surface area (Å²) in [7, 11) is 0. The molecule has 2 atom stereocenters. The van der Waals surface area contributed by atoms with Crippen molar-refractivity contribution in [3.8, 4) is 0 Å². The molecule has 1 aliphatic rings. The zero-order chi connectivity index (χ0) is 27.4. The van der Waals surface area contributed by atoms with E-state index >= 15 is 0 Å². The van der Waals surface area contributed by atoms with Crippen molar-refractivity contribution < 1.29 is 14.4 Å². The number of amides is 3. The molecule has 2 heterocycles. The molecule has 0 spiro atoms. The van der Waals surface area contributed by atoms with E-state index in [4.69, 9.17) is 0 Å². The standard InChI is InChI=1S/C30H40N4O3/c1-8-11-25(35)33-19-10-13-24(33)28(37)34(23-16-14-22(15-17-23)29(2,3)4)26(21-12-9-18-31-20-21)27(36)32-30(5,6)7/h8-9,11-12,14-18,20,24,26H,10,13,19H2,1-7H3,(H,32,36)/b11-8+/t24-,26?/m1/s1. The molecule has 0 radical (unpaired) electrons. The summed E-state index contributed by atoms with van der Waals surface area (Å²) in [5.74, 6) is -0.784. The monoisotopic (exact) mass is 504 g/mol. The fourth-order valence-electron chi connectivity index (χ4n) is 4.61. The Hall–Kier alpha value is -3.48. The van der Waals surface area contributed by atoms with Gasteiger partial charge in [-0.2, -0.15) is 0 Å². The van der Waals surface area contributed by atoms with Crippen molar-refractivity contribution in [3.05, 3.63) is 72.1 Å². The van der Waals surface area contributed by atoms with Crippen LogP contribution in [0.15, 0.2) is 60.9 Å². The Bertz CT molecular complexity index is 1130. The van der Waals surface area contributed by atoms with Crippen molar-refractivity contribution in [3.63, 3.8) is 0 Å². The number of rotatable bonds is 6. The van der Waals surface area contributed by atoms with E-state index in [0.717, 1.165) is 12.0 Å². The lowest BCUT2D eigenvalue weighted by Crippen LogP contribution is -2.54. The normalized spacial score (nSPS) is 17.1. The molecule has 1 aliphatic heterocycles. The Morgan fingerprint density at radius 1 is 1.08 bits per heavy atom. The predicted molar refractivity (Wildman–Crippen MR) is 147 cm³/mol. The highest BCUT2D eigenvalue weighted by Gasteiger charge is 2.42. The lowest BCUT2D eigenvalue weighted by Gasteiger charge is -2.36. The number of allylic oxidation sites excluding steroid dienone is 1. The first-order valence-corrected chi connectivity index (χ1v) is 12.9. The minimum absolute atomic E-state index is 0.0686. The molecular formula is C30H40N4O3. The van der Waals surface area contributed by atoms with Crippen LogP contribution in [0.1, 0.15) is 78.5 Å². The molecule has 3 amide bonds. The van der Waals surface area contributed by atoms with Crippen LogP contribution in [0.5, 0.6) is 0 Å². The number of carbonyl (C=O) groups excluding carboxylic acids is 3. The van der Waals surface area contributed by atoms with Crippen molar-refractivity contribution >= 4 is 23.4 Å². The number of likely N-dealkylation sites (tertiary alicyclic amines) is 1. The van der Waals surface area contributed by atoms with E-state index in [9.17, 15) is 14.4 Å². The van der Waals surface area contributed by atoms with Gasteiger partial charge in [-0.3, -0.25) is 24.3 Å². The summed E-state index contributed by atoms with van der Waals surface area (Å²) in [5, 5.41) is 3.05. The van der Waals surface area contributed by atoms with Crippen LogP contribution in [0.3, 0.4) is 0 Å². The van der Waals surface area contributed by atoms with Gasteiger partial charge < -0.3 is 10.2 Å². The van der Waals surface area contributed by atoms with E-state index in [-0.39, 0.29) is 23.1 Å². The lowest BCUT2D eigenvalue weighted by atomic mass is 9.87. The highest BCUT2D eigenvalue weighted by atomic mass is 16.2. The predicted octanol–water partition coefficient (Wildman–Crippen LogP) is 4.94. The molecule has 1 aromatic heterocycles. The Morgan fingerprint density at radius 3 is 2.30 bits per heavy atom. The number of aromatic nitrogens is 1. The van der Waals surface area contributed by atoms with Crippen LogP contribution in [0.2, 0.25) is 0 Å². The first kappa shape index (κ1) is 28.1. The summed E-state index contributed by atoms with van der Waals surface area (Å²) in [6.07, 6.45) is 7.69. The molecule has 1 saturated heterocycles. The first-order valence-electron chi connectivity index (χ1n) is 12.9. The van der Waals surface area contributed by atoms with Crippen molar-refractivity contribution in [1.29, 1.82) is 0 Å². The molecule has 37 heavy (non-hydrogen) atoms. The van der Waals surface area contributed by atoms with Crippen LogP contribution in [-0.2, 0) is 19.8 Å². The zero-order valence-corrected chi connectivity index (χ0v) is 23.1. The van der Waals surface area contributed by atoms with E-state index in [1.807, 2.05) is 45.0 Å². The van der Waals surface area contributed by atoms with Crippen LogP contribution in [0, 0.1) is 0 Å². The van der Waals surface area contributed by atoms with Gasteiger partial charge in [0.1, 0.15) is 12.1 Å². The van der Waals surface area contributed by atoms with Crippen molar-refractivity contribution in [2.24, 2.45) is 0 Å². The zero-order valence-electron chi connectivity index (χ0n) is 23.1. The average molecular weight is 505 g/mol. The topological polar surface area (TPSA) is 82.6 Å². The van der Waals surface area contributed by atoms with Crippen LogP contribution in [0.25, 0.3) is 0 Å². The molecule has 2 aromatic rings. The second kappa shape index (κ2) is 11.3. The van der Waals surface area contributed by atoms with Gasteiger partial charge in [0, 0.05) is 35.7 Å². The fraction of sp³-hybridized carbons (Fsp3) is 0.467. The Balaban J connectivity index is 2.16. The van der Waals surface area contributed by atoms with Gasteiger partial charge in [-0.05, 0) is 75.8 Å². The third-order valence-electron chi connectivity index (χ3n) is 6.38. The number of hydrogen-bond donors (Lipinski definition) is 1. The fourth-order valence-corrected chi connectivity index (χ4v) is 4.61. The van der Waals surface area contributed by atoms with Crippen LogP contribution >= 0.6 is 0 Å². The second-order valence-electron chi connectivity index (χ2n) is 11.6. The summed E-state index contributed by atoms with van der Waals surface area (Å²) >= 11 is 0. The van der Waals surface area contributed by atoms with E-state index < -0.39 is 17.6 Å². The van der Waals surface area contributed by atoms with Crippen molar-refractivity contribution in [2.75, 3.05) is 11.4 Å². The van der Waals surface area contributed by atoms with Crippen LogP contribution in [0.4, 0.5) is 5.69 Å². The quantitative estimate of drug-likeness (QED) is 0.565. The Morgan fingerprint density at radius 2 is 1.76 bits per heavy atom. The maximum atomic E-state index is 14.3. The number of nitrogens with zero attached hydrogens (tertiary/aromatic N) is 3. The molecule has 1 aromatic carbocycles. The van der Waals surface area contributed by atoms with E-state index in [2.05, 4.69) is 31.1 Å². The van der Waals surface area contributed by atoms with Crippen molar-refractivity contribution in [2.45, 2.75) is 84.3 Å². The van der Waals surface area contributed by atoms with Gasteiger partial charge in [0.2, 0.25) is 11.8 Å². The molecule has 3 rings (SSSR count). The third kappa shape index (κ3) is 6.85. The summed E-state index contributed by atoms with van der Waals surface area (Å²) < 4.78 is 0. The molecule has 7 nitrogen and oxygen atoms in total. The van der Waals surface area contributed by atoms with Gasteiger partial charge in [0.15, 0.2) is 0 Å². The number of benzene rings is 1. The number of anilines is 1. The smallest absolute Gasteiger partial charge is 0.250 e. The molecule has 198 valence electrons. The lowest BCUT2D eigenvalue weighted by molar-refractivity contribution is -0.135. The van der Waals surface area contributed by atoms with Gasteiger partial charge in [-0.1, -0.05) is 45.0 Å².